The van der Waals surface area contributed by atoms with Gasteiger partial charge in [-0.3, -0.25) is 0 Å². The van der Waals surface area contributed by atoms with E-state index in [1.165, 1.54) is 27.4 Å². The van der Waals surface area contributed by atoms with E-state index in [0.717, 1.165) is 38.0 Å². The van der Waals surface area contributed by atoms with Crippen molar-refractivity contribution >= 4 is 23.4 Å². The Kier molecular flexibility index (Phi) is 3.35. The largest absolute Gasteiger partial charge is 0.399 e. The van der Waals surface area contributed by atoms with Crippen molar-refractivity contribution in [1.29, 1.82) is 0 Å². The third-order valence-corrected chi connectivity index (χ3v) is 4.52. The molecule has 0 spiro atoms. The third kappa shape index (κ3) is 2.28. The minimum Gasteiger partial charge on any atom is -0.399 e. The summed E-state index contributed by atoms with van der Waals surface area (Å²) in [5, 5.41) is 6.12. The van der Waals surface area contributed by atoms with Crippen molar-refractivity contribution in [2.75, 3.05) is 18.8 Å². The smallest absolute Gasteiger partial charge is 0.0491 e. The summed E-state index contributed by atoms with van der Waals surface area (Å²) in [7, 11) is 0. The van der Waals surface area contributed by atoms with E-state index in [1.807, 2.05) is 12.1 Å². The normalized spacial score (nSPS) is 17.2. The van der Waals surface area contributed by atoms with Gasteiger partial charge in [0.1, 0.15) is 0 Å². The van der Waals surface area contributed by atoms with Crippen LogP contribution in [0, 0.1) is 0 Å². The zero-order chi connectivity index (χ0) is 14.9. The van der Waals surface area contributed by atoms with E-state index in [9.17, 15) is 0 Å². The molecule has 2 aliphatic rings. The van der Waals surface area contributed by atoms with Gasteiger partial charge in [-0.15, -0.1) is 0 Å². The quantitative estimate of drug-likeness (QED) is 0.829. The average Bonchev–Trinajstić information content (AvgIpc) is 2.96. The van der Waals surface area contributed by atoms with E-state index in [-0.39, 0.29) is 0 Å². The summed E-state index contributed by atoms with van der Waals surface area (Å²) in [5.41, 5.74) is 10.7. The molecular weight excluding hydrogens is 270 g/mol. The Morgan fingerprint density at radius 3 is 2.59 bits per heavy atom. The van der Waals surface area contributed by atoms with Crippen molar-refractivity contribution in [3.05, 3.63) is 52.7 Å². The van der Waals surface area contributed by atoms with Gasteiger partial charge in [-0.05, 0) is 55.6 Å². The van der Waals surface area contributed by atoms with Crippen LogP contribution in [0.4, 0.5) is 5.69 Å². The number of nitrogens with zero attached hydrogens (tertiary/aromatic N) is 1. The van der Waals surface area contributed by atoms with Crippen molar-refractivity contribution in [3.63, 3.8) is 0 Å². The summed E-state index contributed by atoms with van der Waals surface area (Å²) < 4.78 is 2.31. The van der Waals surface area contributed by atoms with Crippen LogP contribution in [0.5, 0.6) is 0 Å². The highest BCUT2D eigenvalue weighted by atomic mass is 15.0. The van der Waals surface area contributed by atoms with Crippen LogP contribution >= 0.6 is 0 Å². The number of nitrogens with two attached hydrogens (primary N) is 1. The van der Waals surface area contributed by atoms with E-state index in [4.69, 9.17) is 5.73 Å². The Hall–Kier alpha value is -2.26. The number of hydrogen-bond acceptors (Lipinski definition) is 2. The maximum absolute atomic E-state index is 5.83. The summed E-state index contributed by atoms with van der Waals surface area (Å²) in [5.74, 6) is 0. The van der Waals surface area contributed by atoms with E-state index in [0.29, 0.717) is 0 Å². The number of hydrogen-bond donors (Lipinski definition) is 2. The molecule has 0 amide bonds. The average molecular weight is 291 g/mol. The summed E-state index contributed by atoms with van der Waals surface area (Å²) >= 11 is 0. The Balaban J connectivity index is 1.92. The van der Waals surface area contributed by atoms with Crippen LogP contribution in [0.3, 0.4) is 0 Å². The minimum atomic E-state index is 0.807. The molecule has 112 valence electrons. The van der Waals surface area contributed by atoms with E-state index in [2.05, 4.69) is 46.4 Å². The highest BCUT2D eigenvalue weighted by Gasteiger charge is 2.13. The van der Waals surface area contributed by atoms with E-state index < -0.39 is 0 Å². The monoisotopic (exact) mass is 291 g/mol. The van der Waals surface area contributed by atoms with Crippen molar-refractivity contribution < 1.29 is 0 Å². The van der Waals surface area contributed by atoms with Gasteiger partial charge in [-0.2, -0.15) is 0 Å². The lowest BCUT2D eigenvalue weighted by Crippen LogP contribution is -2.32. The van der Waals surface area contributed by atoms with Crippen LogP contribution in [0.25, 0.3) is 23.4 Å². The van der Waals surface area contributed by atoms with Crippen LogP contribution < -0.4 is 21.6 Å². The molecule has 3 N–H and O–H groups in total. The van der Waals surface area contributed by atoms with Gasteiger partial charge >= 0.3 is 0 Å². The molecule has 0 unspecified atom stereocenters. The number of fused-ring (bicyclic) bond motifs is 1. The first-order chi connectivity index (χ1) is 10.8. The highest BCUT2D eigenvalue weighted by Crippen LogP contribution is 2.18. The fraction of sp³-hybridized carbons (Fsp3) is 0.263. The van der Waals surface area contributed by atoms with Gasteiger partial charge in [0, 0.05) is 40.2 Å². The second-order valence-electron chi connectivity index (χ2n) is 5.97. The number of aromatic nitrogens is 1. The Morgan fingerprint density at radius 2 is 1.82 bits per heavy atom. The topological polar surface area (TPSA) is 43.0 Å². The summed E-state index contributed by atoms with van der Waals surface area (Å²) in [6, 6.07) is 8.13. The molecule has 1 aliphatic heterocycles. The Bertz CT molecular complexity index is 838. The molecule has 0 saturated heterocycles. The van der Waals surface area contributed by atoms with Crippen molar-refractivity contribution in [3.8, 4) is 5.69 Å². The Labute approximate surface area is 130 Å². The molecule has 0 radical (unpaired) electrons. The predicted molar refractivity (Wildman–Crippen MR) is 93.1 cm³/mol. The van der Waals surface area contributed by atoms with Gasteiger partial charge < -0.3 is 15.6 Å². The van der Waals surface area contributed by atoms with Crippen LogP contribution in [0.2, 0.25) is 0 Å². The summed E-state index contributed by atoms with van der Waals surface area (Å²) in [6.07, 6.45) is 12.7. The SMILES string of the molecule is Nc1ccc(-n2cc(C3=CCNCC3)c3c2=CCCC=3)cc1. The third-order valence-electron chi connectivity index (χ3n) is 4.52. The first-order valence-electron chi connectivity index (χ1n) is 8.01. The van der Waals surface area contributed by atoms with E-state index >= 15 is 0 Å². The lowest BCUT2D eigenvalue weighted by Gasteiger charge is -2.13. The molecule has 0 fully saturated rings. The zero-order valence-electron chi connectivity index (χ0n) is 12.7. The van der Waals surface area contributed by atoms with Gasteiger partial charge in [0.2, 0.25) is 0 Å². The van der Waals surface area contributed by atoms with Crippen molar-refractivity contribution in [1.82, 2.24) is 9.88 Å². The lowest BCUT2D eigenvalue weighted by atomic mass is 9.99. The molecular formula is C19H21N3. The van der Waals surface area contributed by atoms with Crippen LogP contribution in [-0.2, 0) is 0 Å². The van der Waals surface area contributed by atoms with Gasteiger partial charge in [-0.25, -0.2) is 0 Å². The maximum Gasteiger partial charge on any atom is 0.0491 e. The predicted octanol–water partition coefficient (Wildman–Crippen LogP) is 1.79. The molecule has 0 atom stereocenters. The zero-order valence-corrected chi connectivity index (χ0v) is 12.7. The van der Waals surface area contributed by atoms with Crippen molar-refractivity contribution in [2.45, 2.75) is 19.3 Å². The molecule has 0 bridgehead atoms. The highest BCUT2D eigenvalue weighted by molar-refractivity contribution is 5.69. The van der Waals surface area contributed by atoms with Gasteiger partial charge in [0.15, 0.2) is 0 Å². The number of nitrogen functional groups attached to an aromatic ring is 1. The molecule has 4 rings (SSSR count). The first-order valence-corrected chi connectivity index (χ1v) is 8.01. The van der Waals surface area contributed by atoms with E-state index in [1.54, 1.807) is 0 Å². The van der Waals surface area contributed by atoms with Crippen LogP contribution in [-0.4, -0.2) is 17.7 Å². The number of rotatable bonds is 2. The fourth-order valence-corrected chi connectivity index (χ4v) is 3.38. The molecule has 1 aliphatic carbocycles. The first kappa shape index (κ1) is 13.4. The molecule has 3 nitrogen and oxygen atoms in total. The standard InChI is InChI=1S/C19H21N3/c20-15-5-7-16(8-6-15)22-13-18(14-9-11-21-12-10-14)17-3-1-2-4-19(17)22/h3-9,13,21H,1-2,10-12,20H2. The number of nitrogens with one attached hydrogen (secondary N) is 1. The van der Waals surface area contributed by atoms with Crippen LogP contribution in [0.1, 0.15) is 24.8 Å². The van der Waals surface area contributed by atoms with Gasteiger partial charge in [0.25, 0.3) is 0 Å². The van der Waals surface area contributed by atoms with Crippen molar-refractivity contribution in [2.24, 2.45) is 0 Å². The fourth-order valence-electron chi connectivity index (χ4n) is 3.38. The molecule has 1 aromatic heterocycles. The number of anilines is 1. The maximum atomic E-state index is 5.83. The molecule has 2 heterocycles. The molecule has 0 saturated carbocycles. The van der Waals surface area contributed by atoms with Gasteiger partial charge in [0.05, 0.1) is 0 Å². The molecule has 3 heteroatoms. The number of benzene rings is 1. The summed E-state index contributed by atoms with van der Waals surface area (Å²) in [6.45, 7) is 2.04. The second-order valence-corrected chi connectivity index (χ2v) is 5.97. The second kappa shape index (κ2) is 5.50. The Morgan fingerprint density at radius 1 is 1.00 bits per heavy atom. The van der Waals surface area contributed by atoms with Crippen LogP contribution in [0.15, 0.2) is 36.5 Å². The summed E-state index contributed by atoms with van der Waals surface area (Å²) in [4.78, 5) is 0. The lowest BCUT2D eigenvalue weighted by molar-refractivity contribution is 0.738. The minimum absolute atomic E-state index is 0.807. The molecule has 22 heavy (non-hydrogen) atoms. The molecule has 2 aromatic rings. The van der Waals surface area contributed by atoms with Gasteiger partial charge in [-0.1, -0.05) is 18.2 Å². The molecule has 1 aromatic carbocycles.